The van der Waals surface area contributed by atoms with Gasteiger partial charge < -0.3 is 0 Å². The molecule has 0 aromatic carbocycles. The van der Waals surface area contributed by atoms with Crippen LogP contribution in [-0.2, 0) is 4.79 Å². The molecule has 0 fully saturated rings. The van der Waals surface area contributed by atoms with Gasteiger partial charge in [-0.3, -0.25) is 4.79 Å². The summed E-state index contributed by atoms with van der Waals surface area (Å²) in [6.45, 7) is 2.26. The summed E-state index contributed by atoms with van der Waals surface area (Å²) in [5.41, 5.74) is 0. The molecule has 0 saturated carbocycles. The van der Waals surface area contributed by atoms with Gasteiger partial charge in [0.05, 0.1) is 0 Å². The Morgan fingerprint density at radius 2 is 1.50 bits per heavy atom. The van der Waals surface area contributed by atoms with E-state index in [0.29, 0.717) is 0 Å². The van der Waals surface area contributed by atoms with Crippen LogP contribution in [0.3, 0.4) is 0 Å². The van der Waals surface area contributed by atoms with Gasteiger partial charge in [0, 0.05) is 5.92 Å². The lowest BCUT2D eigenvalue weighted by Gasteiger charge is -2.11. The molecular weight excluding hydrogens is 220 g/mol. The Morgan fingerprint density at radius 1 is 0.889 bits per heavy atom. The predicted octanol–water partition coefficient (Wildman–Crippen LogP) is 5.22. The maximum Gasteiger partial charge on any atom is 0.162 e. The number of carbonyl (C=O) groups is 1. The van der Waals surface area contributed by atoms with Gasteiger partial charge in [-0.1, -0.05) is 82.9 Å². The van der Waals surface area contributed by atoms with Gasteiger partial charge in [0.15, 0.2) is 5.78 Å². The number of rotatable bonds is 10. The Labute approximate surface area is 112 Å². The third-order valence-electron chi connectivity index (χ3n) is 3.70. The fraction of sp³-hybridized carbons (Fsp3) is 0.706. The zero-order valence-electron chi connectivity index (χ0n) is 11.9. The molecular formula is C17H28O. The van der Waals surface area contributed by atoms with Crippen molar-refractivity contribution in [2.75, 3.05) is 0 Å². The van der Waals surface area contributed by atoms with Gasteiger partial charge in [0.25, 0.3) is 0 Å². The van der Waals surface area contributed by atoms with E-state index >= 15 is 0 Å². The molecule has 1 atom stereocenters. The number of unbranched alkanes of at least 4 members (excludes halogenated alkanes) is 8. The van der Waals surface area contributed by atoms with E-state index in [9.17, 15) is 4.79 Å². The molecule has 18 heavy (non-hydrogen) atoms. The van der Waals surface area contributed by atoms with Gasteiger partial charge >= 0.3 is 0 Å². The minimum Gasteiger partial charge on any atom is -0.294 e. The smallest absolute Gasteiger partial charge is 0.162 e. The van der Waals surface area contributed by atoms with Crippen LogP contribution in [0.5, 0.6) is 0 Å². The number of hydrogen-bond acceptors (Lipinski definition) is 1. The molecule has 1 aliphatic carbocycles. The summed E-state index contributed by atoms with van der Waals surface area (Å²) in [7, 11) is 0. The molecule has 1 aliphatic rings. The summed E-state index contributed by atoms with van der Waals surface area (Å²) < 4.78 is 0. The first-order chi connectivity index (χ1) is 8.84. The van der Waals surface area contributed by atoms with E-state index in [2.05, 4.69) is 6.92 Å². The average molecular weight is 248 g/mol. The topological polar surface area (TPSA) is 17.1 Å². The van der Waals surface area contributed by atoms with Crippen LogP contribution >= 0.6 is 0 Å². The summed E-state index contributed by atoms with van der Waals surface area (Å²) in [6.07, 6.45) is 20.8. The molecule has 1 rings (SSSR count). The van der Waals surface area contributed by atoms with Crippen LogP contribution < -0.4 is 0 Å². The molecule has 0 bridgehead atoms. The molecule has 0 heterocycles. The van der Waals surface area contributed by atoms with Crippen molar-refractivity contribution in [3.8, 4) is 0 Å². The second-order valence-corrected chi connectivity index (χ2v) is 5.37. The lowest BCUT2D eigenvalue weighted by Crippen LogP contribution is -2.11. The van der Waals surface area contributed by atoms with E-state index < -0.39 is 0 Å². The SMILES string of the molecule is CCCCCCCCCCCC1C=CC=CC1=O. The monoisotopic (exact) mass is 248 g/mol. The highest BCUT2D eigenvalue weighted by Crippen LogP contribution is 2.17. The lowest BCUT2D eigenvalue weighted by molar-refractivity contribution is -0.117. The van der Waals surface area contributed by atoms with Gasteiger partial charge in [-0.25, -0.2) is 0 Å². The van der Waals surface area contributed by atoms with Crippen LogP contribution in [0.15, 0.2) is 24.3 Å². The zero-order chi connectivity index (χ0) is 13.1. The number of ketones is 1. The second kappa shape index (κ2) is 10.1. The first kappa shape index (κ1) is 15.2. The Balaban J connectivity index is 1.88. The highest BCUT2D eigenvalue weighted by Gasteiger charge is 2.13. The zero-order valence-corrected chi connectivity index (χ0v) is 11.9. The molecule has 0 N–H and O–H groups in total. The molecule has 0 aliphatic heterocycles. The van der Waals surface area contributed by atoms with Gasteiger partial charge in [-0.05, 0) is 12.5 Å². The Bertz CT molecular complexity index is 275. The summed E-state index contributed by atoms with van der Waals surface area (Å²) >= 11 is 0. The number of allylic oxidation sites excluding steroid dienone is 4. The predicted molar refractivity (Wildman–Crippen MR) is 78.6 cm³/mol. The lowest BCUT2D eigenvalue weighted by atomic mass is 9.93. The van der Waals surface area contributed by atoms with E-state index in [1.165, 1.54) is 57.8 Å². The van der Waals surface area contributed by atoms with Crippen molar-refractivity contribution in [1.29, 1.82) is 0 Å². The minimum absolute atomic E-state index is 0.166. The van der Waals surface area contributed by atoms with E-state index in [0.717, 1.165) is 6.42 Å². The maximum absolute atomic E-state index is 11.5. The van der Waals surface area contributed by atoms with Crippen molar-refractivity contribution in [3.63, 3.8) is 0 Å². The van der Waals surface area contributed by atoms with E-state index in [1.807, 2.05) is 18.2 Å². The Morgan fingerprint density at radius 3 is 2.11 bits per heavy atom. The van der Waals surface area contributed by atoms with E-state index in [-0.39, 0.29) is 11.7 Å². The molecule has 1 heteroatoms. The Kier molecular flexibility index (Phi) is 8.54. The minimum atomic E-state index is 0.166. The van der Waals surface area contributed by atoms with Gasteiger partial charge in [0.1, 0.15) is 0 Å². The molecule has 0 aromatic rings. The molecule has 102 valence electrons. The second-order valence-electron chi connectivity index (χ2n) is 5.37. The highest BCUT2D eigenvalue weighted by atomic mass is 16.1. The molecule has 0 saturated heterocycles. The van der Waals surface area contributed by atoms with E-state index in [4.69, 9.17) is 0 Å². The van der Waals surface area contributed by atoms with Crippen molar-refractivity contribution in [1.82, 2.24) is 0 Å². The fourth-order valence-electron chi connectivity index (χ4n) is 2.48. The van der Waals surface area contributed by atoms with Crippen molar-refractivity contribution in [3.05, 3.63) is 24.3 Å². The normalized spacial score (nSPS) is 18.5. The molecule has 1 unspecified atom stereocenters. The van der Waals surface area contributed by atoms with Crippen molar-refractivity contribution < 1.29 is 4.79 Å². The number of hydrogen-bond donors (Lipinski definition) is 0. The van der Waals surface area contributed by atoms with Crippen LogP contribution in [0.4, 0.5) is 0 Å². The fourth-order valence-corrected chi connectivity index (χ4v) is 2.48. The van der Waals surface area contributed by atoms with Crippen molar-refractivity contribution in [2.24, 2.45) is 5.92 Å². The summed E-state index contributed by atoms with van der Waals surface area (Å²) in [5.74, 6) is 0.455. The first-order valence-corrected chi connectivity index (χ1v) is 7.73. The van der Waals surface area contributed by atoms with Crippen LogP contribution in [0.2, 0.25) is 0 Å². The molecule has 0 spiro atoms. The number of carbonyl (C=O) groups excluding carboxylic acids is 1. The standard InChI is InChI=1S/C17H28O/c1-2-3-4-5-6-7-8-9-10-13-16-14-11-12-15-17(16)18/h11-12,14-16H,2-10,13H2,1H3. The highest BCUT2D eigenvalue weighted by molar-refractivity contribution is 5.94. The quantitative estimate of drug-likeness (QED) is 0.484. The van der Waals surface area contributed by atoms with E-state index in [1.54, 1.807) is 6.08 Å². The summed E-state index contributed by atoms with van der Waals surface area (Å²) in [5, 5.41) is 0. The Hall–Kier alpha value is -0.850. The van der Waals surface area contributed by atoms with Crippen molar-refractivity contribution >= 4 is 5.78 Å². The third kappa shape index (κ3) is 6.78. The van der Waals surface area contributed by atoms with Crippen molar-refractivity contribution in [2.45, 2.75) is 71.1 Å². The molecule has 0 radical (unpaired) electrons. The van der Waals surface area contributed by atoms with Gasteiger partial charge in [-0.15, -0.1) is 0 Å². The van der Waals surface area contributed by atoms with Crippen LogP contribution in [-0.4, -0.2) is 5.78 Å². The van der Waals surface area contributed by atoms with Gasteiger partial charge in [-0.2, -0.15) is 0 Å². The summed E-state index contributed by atoms with van der Waals surface area (Å²) in [4.78, 5) is 11.5. The maximum atomic E-state index is 11.5. The largest absolute Gasteiger partial charge is 0.294 e. The van der Waals surface area contributed by atoms with Crippen LogP contribution in [0.25, 0.3) is 0 Å². The average Bonchev–Trinajstić information content (AvgIpc) is 2.39. The van der Waals surface area contributed by atoms with Gasteiger partial charge in [0.2, 0.25) is 0 Å². The van der Waals surface area contributed by atoms with Crippen LogP contribution in [0, 0.1) is 5.92 Å². The summed E-state index contributed by atoms with van der Waals surface area (Å²) in [6, 6.07) is 0. The molecule has 1 nitrogen and oxygen atoms in total. The third-order valence-corrected chi connectivity index (χ3v) is 3.70. The molecule has 0 aromatic heterocycles. The molecule has 0 amide bonds. The first-order valence-electron chi connectivity index (χ1n) is 7.73. The van der Waals surface area contributed by atoms with Crippen LogP contribution in [0.1, 0.15) is 71.1 Å².